The Hall–Kier alpha value is -3.08. The lowest BCUT2D eigenvalue weighted by Gasteiger charge is -2.09. The van der Waals surface area contributed by atoms with E-state index in [9.17, 15) is 9.59 Å². The van der Waals surface area contributed by atoms with Crippen molar-refractivity contribution in [1.82, 2.24) is 0 Å². The van der Waals surface area contributed by atoms with Gasteiger partial charge in [-0.05, 0) is 60.9 Å². The molecular formula is C30H41NO4. The van der Waals surface area contributed by atoms with E-state index in [4.69, 9.17) is 15.2 Å². The van der Waals surface area contributed by atoms with Crippen molar-refractivity contribution in [3.8, 4) is 11.5 Å². The second-order valence-corrected chi connectivity index (χ2v) is 8.93. The minimum absolute atomic E-state index is 0.0283. The average Bonchev–Trinajstić information content (AvgIpc) is 2.86. The first-order valence-corrected chi connectivity index (χ1v) is 13.1. The van der Waals surface area contributed by atoms with Crippen molar-refractivity contribution in [3.63, 3.8) is 0 Å². The number of hydrogen-bond acceptors (Lipinski definition) is 5. The molecule has 0 aliphatic heterocycles. The highest BCUT2D eigenvalue weighted by molar-refractivity contribution is 5.96. The van der Waals surface area contributed by atoms with Crippen LogP contribution >= 0.6 is 0 Å². The Morgan fingerprint density at radius 2 is 1.43 bits per heavy atom. The van der Waals surface area contributed by atoms with E-state index in [1.807, 2.05) is 6.07 Å². The topological polar surface area (TPSA) is 78.6 Å². The highest BCUT2D eigenvalue weighted by Gasteiger charge is 2.10. The van der Waals surface area contributed by atoms with Gasteiger partial charge in [0.15, 0.2) is 5.78 Å². The maximum Gasteiger partial charge on any atom is 0.343 e. The van der Waals surface area contributed by atoms with Crippen molar-refractivity contribution in [2.24, 2.45) is 5.73 Å². The summed E-state index contributed by atoms with van der Waals surface area (Å²) in [7, 11) is 0. The lowest BCUT2D eigenvalue weighted by molar-refractivity contribution is -0.114. The highest BCUT2D eigenvalue weighted by atomic mass is 16.5. The van der Waals surface area contributed by atoms with E-state index in [2.05, 4.69) is 13.8 Å². The first-order chi connectivity index (χ1) is 17.0. The van der Waals surface area contributed by atoms with Crippen LogP contribution in [0.15, 0.2) is 54.6 Å². The number of carbonyl (C=O) groups is 2. The summed E-state index contributed by atoms with van der Waals surface area (Å²) < 4.78 is 11.3. The van der Waals surface area contributed by atoms with Gasteiger partial charge in [-0.2, -0.15) is 0 Å². The first kappa shape index (κ1) is 28.2. The van der Waals surface area contributed by atoms with Gasteiger partial charge in [0.2, 0.25) is 0 Å². The van der Waals surface area contributed by atoms with Gasteiger partial charge in [0.25, 0.3) is 0 Å². The molecule has 0 atom stereocenters. The number of hydrogen-bond donors (Lipinski definition) is 1. The van der Waals surface area contributed by atoms with Gasteiger partial charge in [-0.1, -0.05) is 71.3 Å². The van der Waals surface area contributed by atoms with E-state index < -0.39 is 5.97 Å². The number of rotatable bonds is 17. The van der Waals surface area contributed by atoms with E-state index >= 15 is 0 Å². The number of ether oxygens (including phenoxy) is 2. The number of nitrogens with two attached hydrogens (primary N) is 1. The van der Waals surface area contributed by atoms with Crippen LogP contribution in [0.25, 0.3) is 5.70 Å². The second-order valence-electron chi connectivity index (χ2n) is 8.93. The summed E-state index contributed by atoms with van der Waals surface area (Å²) in [4.78, 5) is 24.6. The molecule has 0 radical (unpaired) electrons. The molecule has 0 aliphatic carbocycles. The van der Waals surface area contributed by atoms with Crippen LogP contribution in [-0.2, 0) is 4.79 Å². The molecule has 0 bridgehead atoms. The summed E-state index contributed by atoms with van der Waals surface area (Å²) in [5.41, 5.74) is 7.63. The molecule has 0 spiro atoms. The van der Waals surface area contributed by atoms with Crippen LogP contribution in [0.1, 0.15) is 100 Å². The number of benzene rings is 2. The summed E-state index contributed by atoms with van der Waals surface area (Å²) >= 11 is 0. The maximum absolute atomic E-state index is 12.6. The van der Waals surface area contributed by atoms with E-state index in [1.54, 1.807) is 42.5 Å². The van der Waals surface area contributed by atoms with Crippen molar-refractivity contribution in [3.05, 3.63) is 65.7 Å². The van der Waals surface area contributed by atoms with Gasteiger partial charge >= 0.3 is 5.97 Å². The van der Waals surface area contributed by atoms with Crippen molar-refractivity contribution >= 4 is 17.4 Å². The summed E-state index contributed by atoms with van der Waals surface area (Å²) in [5, 5.41) is 0. The maximum atomic E-state index is 12.6. The fourth-order valence-corrected chi connectivity index (χ4v) is 3.72. The monoisotopic (exact) mass is 479 g/mol. The van der Waals surface area contributed by atoms with E-state index in [0.29, 0.717) is 35.8 Å². The number of unbranched alkanes of at least 4 members (excludes halogenated alkanes) is 8. The van der Waals surface area contributed by atoms with Crippen molar-refractivity contribution < 1.29 is 19.1 Å². The molecule has 0 amide bonds. The van der Waals surface area contributed by atoms with Crippen LogP contribution in [0.5, 0.6) is 11.5 Å². The van der Waals surface area contributed by atoms with Crippen LogP contribution in [0.4, 0.5) is 0 Å². The molecule has 35 heavy (non-hydrogen) atoms. The Kier molecular flexibility index (Phi) is 13.3. The number of ketones is 1. The van der Waals surface area contributed by atoms with Crippen LogP contribution in [-0.4, -0.2) is 18.4 Å². The largest absolute Gasteiger partial charge is 0.494 e. The molecule has 5 heteroatoms. The fourth-order valence-electron chi connectivity index (χ4n) is 3.72. The summed E-state index contributed by atoms with van der Waals surface area (Å²) in [6, 6.07) is 13.9. The lowest BCUT2D eigenvalue weighted by Crippen LogP contribution is -2.09. The molecule has 2 N–H and O–H groups in total. The Bertz CT molecular complexity index is 934. The lowest BCUT2D eigenvalue weighted by atomic mass is 10.1. The SMILES string of the molecule is CCCCCCCCCOc1cccc(C(=O)Oc2ccc(/C(N)=C/C(=O)CCCCC)cc2)c1. The number of carbonyl (C=O) groups excluding carboxylic acids is 2. The van der Waals surface area contributed by atoms with Gasteiger partial charge in [0.05, 0.1) is 12.2 Å². The third-order valence-corrected chi connectivity index (χ3v) is 5.83. The van der Waals surface area contributed by atoms with E-state index in [0.717, 1.165) is 37.7 Å². The molecule has 5 nitrogen and oxygen atoms in total. The Labute approximate surface area is 210 Å². The Balaban J connectivity index is 1.82. The molecule has 0 aliphatic rings. The Morgan fingerprint density at radius 1 is 0.771 bits per heavy atom. The highest BCUT2D eigenvalue weighted by Crippen LogP contribution is 2.20. The number of allylic oxidation sites excluding steroid dienone is 1. The van der Waals surface area contributed by atoms with Crippen LogP contribution in [0, 0.1) is 0 Å². The second kappa shape index (κ2) is 16.5. The zero-order valence-electron chi connectivity index (χ0n) is 21.4. The first-order valence-electron chi connectivity index (χ1n) is 13.1. The van der Waals surface area contributed by atoms with Gasteiger partial charge in [-0.3, -0.25) is 4.79 Å². The summed E-state index contributed by atoms with van der Waals surface area (Å²) in [6.45, 7) is 4.97. The van der Waals surface area contributed by atoms with Gasteiger partial charge < -0.3 is 15.2 Å². The van der Waals surface area contributed by atoms with Crippen LogP contribution in [0.2, 0.25) is 0 Å². The van der Waals surface area contributed by atoms with E-state index in [1.165, 1.54) is 38.2 Å². The molecule has 2 aromatic rings. The average molecular weight is 480 g/mol. The van der Waals surface area contributed by atoms with Gasteiger partial charge in [-0.25, -0.2) is 4.79 Å². The van der Waals surface area contributed by atoms with Gasteiger partial charge in [0.1, 0.15) is 11.5 Å². The smallest absolute Gasteiger partial charge is 0.343 e. The molecule has 0 unspecified atom stereocenters. The summed E-state index contributed by atoms with van der Waals surface area (Å²) in [6.07, 6.45) is 13.6. The quantitative estimate of drug-likeness (QED) is 0.110. The number of esters is 1. The molecule has 0 saturated carbocycles. The van der Waals surface area contributed by atoms with E-state index in [-0.39, 0.29) is 5.78 Å². The molecule has 2 rings (SSSR count). The molecule has 0 saturated heterocycles. The summed E-state index contributed by atoms with van der Waals surface area (Å²) in [5.74, 6) is 0.659. The minimum Gasteiger partial charge on any atom is -0.494 e. The standard InChI is InChI=1S/C30H41NO4/c1-3-5-7-8-9-10-12-21-34-28-16-13-14-25(22-28)30(33)35-27-19-17-24(18-20-27)29(31)23-26(32)15-11-6-4-2/h13-14,16-20,22-23H,3-12,15,21,31H2,1-2H3/b29-23-. The predicted molar refractivity (Wildman–Crippen MR) is 143 cm³/mol. The van der Waals surface area contributed by atoms with Gasteiger partial charge in [-0.15, -0.1) is 0 Å². The molecule has 2 aromatic carbocycles. The van der Waals surface area contributed by atoms with Gasteiger partial charge in [0, 0.05) is 18.2 Å². The molecular weight excluding hydrogens is 438 g/mol. The third kappa shape index (κ3) is 11.3. The molecule has 0 fully saturated rings. The van der Waals surface area contributed by atoms with Crippen LogP contribution < -0.4 is 15.2 Å². The Morgan fingerprint density at radius 3 is 2.14 bits per heavy atom. The molecule has 0 heterocycles. The van der Waals surface area contributed by atoms with Crippen molar-refractivity contribution in [2.45, 2.75) is 84.5 Å². The fraction of sp³-hybridized carbons (Fsp3) is 0.467. The van der Waals surface area contributed by atoms with Crippen molar-refractivity contribution in [2.75, 3.05) is 6.61 Å². The molecule has 190 valence electrons. The zero-order chi connectivity index (χ0) is 25.3. The zero-order valence-corrected chi connectivity index (χ0v) is 21.4. The normalized spacial score (nSPS) is 11.3. The third-order valence-electron chi connectivity index (χ3n) is 5.83. The van der Waals surface area contributed by atoms with Crippen LogP contribution in [0.3, 0.4) is 0 Å². The molecule has 0 aromatic heterocycles. The minimum atomic E-state index is -0.450. The predicted octanol–water partition coefficient (Wildman–Crippen LogP) is 7.48. The van der Waals surface area contributed by atoms with Crippen molar-refractivity contribution in [1.29, 1.82) is 0 Å².